The van der Waals surface area contributed by atoms with Gasteiger partial charge in [-0.05, 0) is 0 Å². The van der Waals surface area contributed by atoms with Crippen molar-refractivity contribution in [3.05, 3.63) is 45.5 Å². The molecule has 0 aliphatic carbocycles. The van der Waals surface area contributed by atoms with Crippen molar-refractivity contribution in [1.29, 1.82) is 0 Å². The highest BCUT2D eigenvalue weighted by atomic mass is 16.5. The summed E-state index contributed by atoms with van der Waals surface area (Å²) in [4.78, 5) is 25.0. The van der Waals surface area contributed by atoms with Crippen LogP contribution in [0.5, 0.6) is 0 Å². The third-order valence-electron chi connectivity index (χ3n) is 3.33. The Kier molecular flexibility index (Phi) is 3.20. The van der Waals surface area contributed by atoms with E-state index >= 15 is 0 Å². The first kappa shape index (κ1) is 12.8. The zero-order valence-corrected chi connectivity index (χ0v) is 10.4. The zero-order chi connectivity index (χ0) is 14.1. The molecule has 3 atom stereocenters. The minimum atomic E-state index is -0.564. The topological polar surface area (TPSA) is 115 Å². The fourth-order valence-electron chi connectivity index (χ4n) is 2.38. The Morgan fingerprint density at radius 1 is 1.45 bits per heavy atom. The molecule has 0 bridgehead atoms. The molecule has 2 N–H and O–H groups in total. The fraction of sp³-hybridized carbons (Fsp3) is 0.455. The molecule has 2 aromatic rings. The van der Waals surface area contributed by atoms with Gasteiger partial charge in [0.25, 0.3) is 5.56 Å². The van der Waals surface area contributed by atoms with Crippen LogP contribution >= 0.6 is 0 Å². The van der Waals surface area contributed by atoms with Crippen molar-refractivity contribution >= 4 is 0 Å². The smallest absolute Gasteiger partial charge is 0.330 e. The number of H-pyrrole nitrogens is 1. The van der Waals surface area contributed by atoms with E-state index < -0.39 is 23.6 Å². The summed E-state index contributed by atoms with van der Waals surface area (Å²) >= 11 is 0. The lowest BCUT2D eigenvalue weighted by molar-refractivity contribution is -0.0322. The van der Waals surface area contributed by atoms with Gasteiger partial charge in [-0.1, -0.05) is 5.21 Å². The Balaban J connectivity index is 1.90. The first-order valence-corrected chi connectivity index (χ1v) is 6.12. The van der Waals surface area contributed by atoms with Crippen molar-refractivity contribution in [3.63, 3.8) is 0 Å². The van der Waals surface area contributed by atoms with Gasteiger partial charge in [-0.3, -0.25) is 14.3 Å². The lowest BCUT2D eigenvalue weighted by atomic mass is 10.1. The van der Waals surface area contributed by atoms with Crippen LogP contribution in [0, 0.1) is 0 Å². The Bertz CT molecular complexity index is 691. The molecule has 1 aliphatic rings. The van der Waals surface area contributed by atoms with Gasteiger partial charge in [0.1, 0.15) is 12.3 Å². The number of aromatic amines is 1. The number of ether oxygens (including phenoxy) is 1. The third-order valence-corrected chi connectivity index (χ3v) is 3.33. The van der Waals surface area contributed by atoms with Gasteiger partial charge < -0.3 is 9.84 Å². The summed E-state index contributed by atoms with van der Waals surface area (Å²) in [6.45, 7) is -0.195. The Morgan fingerprint density at radius 2 is 2.30 bits per heavy atom. The van der Waals surface area contributed by atoms with Crippen molar-refractivity contribution in [1.82, 2.24) is 24.5 Å². The van der Waals surface area contributed by atoms with Crippen LogP contribution in [-0.2, 0) is 4.74 Å². The monoisotopic (exact) mass is 279 g/mol. The predicted molar refractivity (Wildman–Crippen MR) is 66.0 cm³/mol. The van der Waals surface area contributed by atoms with E-state index in [2.05, 4.69) is 15.3 Å². The molecule has 0 saturated carbocycles. The summed E-state index contributed by atoms with van der Waals surface area (Å²) in [6, 6.07) is 1.04. The van der Waals surface area contributed by atoms with E-state index in [1.807, 2.05) is 0 Å². The van der Waals surface area contributed by atoms with E-state index in [-0.39, 0.29) is 12.6 Å². The largest absolute Gasteiger partial charge is 0.394 e. The standard InChI is InChI=1S/C11H13N5O4/c17-6-8-7(16-4-2-12-14-16)5-10(20-8)15-3-1-9(18)13-11(15)19/h1-4,7-8,10,17H,5-6H2,(H,13,18,19)/t7-,8+,10+/m0/s1. The van der Waals surface area contributed by atoms with Crippen LogP contribution in [-0.4, -0.2) is 42.4 Å². The average Bonchev–Trinajstić information content (AvgIpc) is 3.07. The summed E-state index contributed by atoms with van der Waals surface area (Å²) in [7, 11) is 0. The van der Waals surface area contributed by atoms with E-state index in [1.165, 1.54) is 23.0 Å². The lowest BCUT2D eigenvalue weighted by Crippen LogP contribution is -2.31. The summed E-state index contributed by atoms with van der Waals surface area (Å²) in [6.07, 6.45) is 3.99. The highest BCUT2D eigenvalue weighted by Gasteiger charge is 2.37. The lowest BCUT2D eigenvalue weighted by Gasteiger charge is -2.15. The first-order chi connectivity index (χ1) is 9.69. The molecule has 9 nitrogen and oxygen atoms in total. The number of rotatable bonds is 3. The molecular weight excluding hydrogens is 266 g/mol. The zero-order valence-electron chi connectivity index (χ0n) is 10.4. The Morgan fingerprint density at radius 3 is 2.95 bits per heavy atom. The van der Waals surface area contributed by atoms with E-state index in [0.29, 0.717) is 6.42 Å². The molecule has 0 aromatic carbocycles. The van der Waals surface area contributed by atoms with Crippen molar-refractivity contribution in [2.24, 2.45) is 0 Å². The molecule has 0 unspecified atom stereocenters. The first-order valence-electron chi connectivity index (χ1n) is 6.12. The van der Waals surface area contributed by atoms with E-state index in [0.717, 1.165) is 0 Å². The third kappa shape index (κ3) is 2.17. The molecule has 9 heteroatoms. The van der Waals surface area contributed by atoms with Gasteiger partial charge in [-0.15, -0.1) is 5.10 Å². The van der Waals surface area contributed by atoms with Gasteiger partial charge in [0.15, 0.2) is 0 Å². The number of aliphatic hydroxyl groups excluding tert-OH is 1. The highest BCUT2D eigenvalue weighted by Crippen LogP contribution is 2.35. The minimum Gasteiger partial charge on any atom is -0.394 e. The van der Waals surface area contributed by atoms with E-state index in [4.69, 9.17) is 4.74 Å². The minimum absolute atomic E-state index is 0.195. The number of aromatic nitrogens is 5. The van der Waals surface area contributed by atoms with Gasteiger partial charge >= 0.3 is 5.69 Å². The summed E-state index contributed by atoms with van der Waals surface area (Å²) in [5.74, 6) is 0. The molecule has 106 valence electrons. The normalized spacial score (nSPS) is 25.9. The van der Waals surface area contributed by atoms with Crippen molar-refractivity contribution in [2.75, 3.05) is 6.61 Å². The number of nitrogens with zero attached hydrogens (tertiary/aromatic N) is 4. The van der Waals surface area contributed by atoms with Gasteiger partial charge in [-0.25, -0.2) is 9.48 Å². The average molecular weight is 279 g/mol. The van der Waals surface area contributed by atoms with Crippen molar-refractivity contribution in [3.8, 4) is 0 Å². The summed E-state index contributed by atoms with van der Waals surface area (Å²) in [5, 5.41) is 17.0. The fourth-order valence-corrected chi connectivity index (χ4v) is 2.38. The summed E-state index contributed by atoms with van der Waals surface area (Å²) < 4.78 is 8.54. The quantitative estimate of drug-likeness (QED) is 0.717. The van der Waals surface area contributed by atoms with Crippen LogP contribution in [0.3, 0.4) is 0 Å². The van der Waals surface area contributed by atoms with Gasteiger partial charge in [0.2, 0.25) is 0 Å². The SMILES string of the molecule is O=c1ccn([C@H]2C[C@H](n3ccnn3)[C@@H](CO)O2)c(=O)[nH]1. The van der Waals surface area contributed by atoms with E-state index in [1.54, 1.807) is 10.9 Å². The van der Waals surface area contributed by atoms with Gasteiger partial charge in [0.05, 0.1) is 18.8 Å². The molecule has 1 aliphatic heterocycles. The molecule has 20 heavy (non-hydrogen) atoms. The van der Waals surface area contributed by atoms with Crippen LogP contribution in [0.25, 0.3) is 0 Å². The molecule has 2 aromatic heterocycles. The molecule has 1 fully saturated rings. The molecule has 0 amide bonds. The van der Waals surface area contributed by atoms with Crippen molar-refractivity contribution < 1.29 is 9.84 Å². The van der Waals surface area contributed by atoms with Gasteiger partial charge in [0, 0.05) is 24.9 Å². The van der Waals surface area contributed by atoms with Crippen LogP contribution in [0.2, 0.25) is 0 Å². The number of hydrogen-bond donors (Lipinski definition) is 2. The van der Waals surface area contributed by atoms with Crippen LogP contribution in [0.15, 0.2) is 34.2 Å². The number of nitrogens with one attached hydrogen (secondary N) is 1. The maximum atomic E-state index is 11.7. The van der Waals surface area contributed by atoms with Crippen LogP contribution < -0.4 is 11.2 Å². The Labute approximate surface area is 112 Å². The second-order valence-electron chi connectivity index (χ2n) is 4.52. The molecular formula is C11H13N5O4. The van der Waals surface area contributed by atoms with Crippen LogP contribution in [0.4, 0.5) is 0 Å². The maximum Gasteiger partial charge on any atom is 0.330 e. The van der Waals surface area contributed by atoms with Crippen LogP contribution in [0.1, 0.15) is 18.7 Å². The molecule has 1 saturated heterocycles. The predicted octanol–water partition coefficient (Wildman–Crippen LogP) is -1.35. The second kappa shape index (κ2) is 5.02. The van der Waals surface area contributed by atoms with Gasteiger partial charge in [-0.2, -0.15) is 0 Å². The van der Waals surface area contributed by atoms with Crippen molar-refractivity contribution in [2.45, 2.75) is 24.8 Å². The Hall–Kier alpha value is -2.26. The van der Waals surface area contributed by atoms with E-state index in [9.17, 15) is 14.7 Å². The summed E-state index contributed by atoms with van der Waals surface area (Å²) in [5.41, 5.74) is -1.01. The maximum absolute atomic E-state index is 11.7. The number of hydrogen-bond acceptors (Lipinski definition) is 6. The second-order valence-corrected chi connectivity index (χ2v) is 4.52. The molecule has 3 rings (SSSR count). The molecule has 3 heterocycles. The highest BCUT2D eigenvalue weighted by molar-refractivity contribution is 4.90. The molecule has 0 spiro atoms. The number of aliphatic hydroxyl groups is 1. The molecule has 0 radical (unpaired) electrons.